The van der Waals surface area contributed by atoms with E-state index in [1.807, 2.05) is 13.0 Å². The third-order valence-corrected chi connectivity index (χ3v) is 2.67. The van der Waals surface area contributed by atoms with Crippen LogP contribution in [0.2, 0.25) is 0 Å². The van der Waals surface area contributed by atoms with Crippen molar-refractivity contribution in [2.45, 2.75) is 26.7 Å². The van der Waals surface area contributed by atoms with Gasteiger partial charge in [0.2, 0.25) is 0 Å². The van der Waals surface area contributed by atoms with Gasteiger partial charge < -0.3 is 5.11 Å². The molecular formula is C13H15NO. The maximum Gasteiger partial charge on any atom is 0.137 e. The molecule has 1 aromatic carbocycles. The van der Waals surface area contributed by atoms with Crippen molar-refractivity contribution in [2.24, 2.45) is 0 Å². The number of pyridine rings is 1. The monoisotopic (exact) mass is 201 g/mol. The van der Waals surface area contributed by atoms with E-state index in [2.05, 4.69) is 31.0 Å². The molecule has 78 valence electrons. The maximum absolute atomic E-state index is 9.58. The lowest BCUT2D eigenvalue weighted by atomic mass is 10.0. The van der Waals surface area contributed by atoms with Crippen LogP contribution in [0.5, 0.6) is 5.75 Å². The van der Waals surface area contributed by atoms with Crippen molar-refractivity contribution < 1.29 is 5.11 Å². The van der Waals surface area contributed by atoms with Gasteiger partial charge in [-0.2, -0.15) is 0 Å². The van der Waals surface area contributed by atoms with Crippen LogP contribution in [0.15, 0.2) is 24.3 Å². The van der Waals surface area contributed by atoms with E-state index < -0.39 is 0 Å². The lowest BCUT2D eigenvalue weighted by molar-refractivity contribution is 0.469. The molecule has 0 radical (unpaired) electrons. The minimum absolute atomic E-state index is 0.267. The van der Waals surface area contributed by atoms with Crippen molar-refractivity contribution in [2.75, 3.05) is 0 Å². The number of benzene rings is 1. The molecule has 0 aliphatic heterocycles. The minimum atomic E-state index is 0.267. The van der Waals surface area contributed by atoms with Crippen LogP contribution in [0.4, 0.5) is 0 Å². The standard InChI is InChI=1S/C13H15NO/c1-8(2)10-4-5-12-11(6-10)7-13(15)9(3)14-12/h4-8,15H,1-3H3. The van der Waals surface area contributed by atoms with E-state index in [1.165, 1.54) is 5.56 Å². The Bertz CT molecular complexity index is 503. The van der Waals surface area contributed by atoms with Crippen LogP contribution in [0.25, 0.3) is 10.9 Å². The smallest absolute Gasteiger partial charge is 0.137 e. The van der Waals surface area contributed by atoms with E-state index in [-0.39, 0.29) is 5.75 Å². The number of aromatic nitrogens is 1. The Morgan fingerprint density at radius 2 is 1.93 bits per heavy atom. The van der Waals surface area contributed by atoms with Gasteiger partial charge in [0.05, 0.1) is 11.2 Å². The van der Waals surface area contributed by atoms with Gasteiger partial charge >= 0.3 is 0 Å². The van der Waals surface area contributed by atoms with Gasteiger partial charge in [0.15, 0.2) is 0 Å². The molecule has 1 aromatic heterocycles. The number of rotatable bonds is 1. The fourth-order valence-corrected chi connectivity index (χ4v) is 1.64. The average Bonchev–Trinajstić information content (AvgIpc) is 2.19. The van der Waals surface area contributed by atoms with Crippen LogP contribution in [0.3, 0.4) is 0 Å². The molecule has 0 spiro atoms. The molecule has 2 nitrogen and oxygen atoms in total. The summed E-state index contributed by atoms with van der Waals surface area (Å²) in [4.78, 5) is 4.33. The summed E-state index contributed by atoms with van der Waals surface area (Å²) in [5, 5.41) is 10.6. The Balaban J connectivity index is 2.66. The summed E-state index contributed by atoms with van der Waals surface area (Å²) in [6.07, 6.45) is 0. The quantitative estimate of drug-likeness (QED) is 0.767. The number of aromatic hydroxyl groups is 1. The SMILES string of the molecule is Cc1nc2ccc(C(C)C)cc2cc1O. The predicted octanol–water partition coefficient (Wildman–Crippen LogP) is 3.37. The first-order valence-corrected chi connectivity index (χ1v) is 5.18. The summed E-state index contributed by atoms with van der Waals surface area (Å²) in [5.74, 6) is 0.765. The molecule has 2 aromatic rings. The average molecular weight is 201 g/mol. The first-order valence-electron chi connectivity index (χ1n) is 5.18. The first-order chi connectivity index (χ1) is 7.08. The molecule has 0 bridgehead atoms. The highest BCUT2D eigenvalue weighted by atomic mass is 16.3. The van der Waals surface area contributed by atoms with Gasteiger partial charge in [-0.3, -0.25) is 0 Å². The van der Waals surface area contributed by atoms with Crippen molar-refractivity contribution in [3.63, 3.8) is 0 Å². The molecule has 2 heteroatoms. The highest BCUT2D eigenvalue weighted by Crippen LogP contribution is 2.24. The third kappa shape index (κ3) is 1.80. The summed E-state index contributed by atoms with van der Waals surface area (Å²) >= 11 is 0. The second-order valence-corrected chi connectivity index (χ2v) is 4.20. The van der Waals surface area contributed by atoms with Crippen LogP contribution < -0.4 is 0 Å². The van der Waals surface area contributed by atoms with Crippen molar-refractivity contribution in [3.05, 3.63) is 35.5 Å². The molecule has 15 heavy (non-hydrogen) atoms. The Kier molecular flexibility index (Phi) is 2.35. The predicted molar refractivity (Wildman–Crippen MR) is 62.2 cm³/mol. The van der Waals surface area contributed by atoms with Crippen LogP contribution in [-0.2, 0) is 0 Å². The number of hydrogen-bond donors (Lipinski definition) is 1. The van der Waals surface area contributed by atoms with Crippen LogP contribution in [0.1, 0.15) is 31.0 Å². The van der Waals surface area contributed by atoms with Crippen molar-refractivity contribution in [1.29, 1.82) is 0 Å². The van der Waals surface area contributed by atoms with Crippen molar-refractivity contribution >= 4 is 10.9 Å². The highest BCUT2D eigenvalue weighted by molar-refractivity contribution is 5.81. The molecule has 0 fully saturated rings. The fourth-order valence-electron chi connectivity index (χ4n) is 1.64. The summed E-state index contributed by atoms with van der Waals surface area (Å²) in [6.45, 7) is 6.12. The Labute approximate surface area is 89.6 Å². The van der Waals surface area contributed by atoms with E-state index >= 15 is 0 Å². The zero-order valence-corrected chi connectivity index (χ0v) is 9.28. The maximum atomic E-state index is 9.58. The van der Waals surface area contributed by atoms with Crippen molar-refractivity contribution in [3.8, 4) is 5.75 Å². The van der Waals surface area contributed by atoms with Crippen molar-refractivity contribution in [1.82, 2.24) is 4.98 Å². The van der Waals surface area contributed by atoms with Gasteiger partial charge in [-0.1, -0.05) is 19.9 Å². The van der Waals surface area contributed by atoms with E-state index in [9.17, 15) is 5.11 Å². The van der Waals surface area contributed by atoms with Gasteiger partial charge in [-0.05, 0) is 36.6 Å². The Morgan fingerprint density at radius 3 is 2.60 bits per heavy atom. The molecule has 0 saturated carbocycles. The zero-order valence-electron chi connectivity index (χ0n) is 9.28. The van der Waals surface area contributed by atoms with Gasteiger partial charge in [0.25, 0.3) is 0 Å². The largest absolute Gasteiger partial charge is 0.506 e. The van der Waals surface area contributed by atoms with Gasteiger partial charge in [-0.25, -0.2) is 4.98 Å². The molecule has 0 unspecified atom stereocenters. The third-order valence-electron chi connectivity index (χ3n) is 2.67. The minimum Gasteiger partial charge on any atom is -0.506 e. The zero-order chi connectivity index (χ0) is 11.0. The van der Waals surface area contributed by atoms with Crippen LogP contribution in [0, 0.1) is 6.92 Å². The highest BCUT2D eigenvalue weighted by Gasteiger charge is 2.04. The van der Waals surface area contributed by atoms with E-state index in [4.69, 9.17) is 0 Å². The van der Waals surface area contributed by atoms with Crippen LogP contribution >= 0.6 is 0 Å². The molecule has 1 heterocycles. The molecule has 1 N–H and O–H groups in total. The van der Waals surface area contributed by atoms with E-state index in [0.717, 1.165) is 10.9 Å². The summed E-state index contributed by atoms with van der Waals surface area (Å²) in [6, 6.07) is 7.98. The number of fused-ring (bicyclic) bond motifs is 1. The first kappa shape index (κ1) is 9.97. The van der Waals surface area contributed by atoms with Gasteiger partial charge in [-0.15, -0.1) is 0 Å². The van der Waals surface area contributed by atoms with Gasteiger partial charge in [0, 0.05) is 5.39 Å². The number of aryl methyl sites for hydroxylation is 1. The van der Waals surface area contributed by atoms with E-state index in [1.54, 1.807) is 6.07 Å². The molecule has 0 aliphatic carbocycles. The lowest BCUT2D eigenvalue weighted by Gasteiger charge is -2.07. The Hall–Kier alpha value is -1.57. The molecule has 2 rings (SSSR count). The molecular weight excluding hydrogens is 186 g/mol. The Morgan fingerprint density at radius 1 is 1.20 bits per heavy atom. The second kappa shape index (κ2) is 3.54. The molecule has 0 aliphatic rings. The normalized spacial score (nSPS) is 11.2. The fraction of sp³-hybridized carbons (Fsp3) is 0.308. The molecule has 0 amide bonds. The summed E-state index contributed by atoms with van der Waals surface area (Å²) < 4.78 is 0. The van der Waals surface area contributed by atoms with Gasteiger partial charge in [0.1, 0.15) is 5.75 Å². The van der Waals surface area contributed by atoms with E-state index in [0.29, 0.717) is 11.6 Å². The molecule has 0 atom stereocenters. The topological polar surface area (TPSA) is 33.1 Å². The summed E-state index contributed by atoms with van der Waals surface area (Å²) in [5.41, 5.74) is 2.89. The van der Waals surface area contributed by atoms with Crippen LogP contribution in [-0.4, -0.2) is 10.1 Å². The second-order valence-electron chi connectivity index (χ2n) is 4.20. The number of nitrogens with zero attached hydrogens (tertiary/aromatic N) is 1. The lowest BCUT2D eigenvalue weighted by Crippen LogP contribution is -1.89. The number of hydrogen-bond acceptors (Lipinski definition) is 2. The molecule has 0 saturated heterocycles. The summed E-state index contributed by atoms with van der Waals surface area (Å²) in [7, 11) is 0.